The van der Waals surface area contributed by atoms with E-state index >= 15 is 0 Å². The lowest BCUT2D eigenvalue weighted by atomic mass is 10.1. The first-order chi connectivity index (χ1) is 8.56. The van der Waals surface area contributed by atoms with Crippen LogP contribution in [0.2, 0.25) is 0 Å². The fourth-order valence-corrected chi connectivity index (χ4v) is 1.96. The molecular weight excluding hydrogens is 268 g/mol. The third-order valence-corrected chi connectivity index (χ3v) is 3.00. The van der Waals surface area contributed by atoms with Gasteiger partial charge < -0.3 is 4.74 Å². The number of amides is 2. The predicted molar refractivity (Wildman–Crippen MR) is 73.0 cm³/mol. The van der Waals surface area contributed by atoms with E-state index in [2.05, 4.69) is 0 Å². The van der Waals surface area contributed by atoms with Crippen LogP contribution < -0.4 is 0 Å². The van der Waals surface area contributed by atoms with Crippen LogP contribution in [0, 0.1) is 11.3 Å². The molecule has 6 heteroatoms. The van der Waals surface area contributed by atoms with Crippen molar-refractivity contribution in [2.24, 2.45) is 5.92 Å². The van der Waals surface area contributed by atoms with Crippen molar-refractivity contribution in [3.8, 4) is 0 Å². The van der Waals surface area contributed by atoms with Crippen LogP contribution in [0.4, 0.5) is 0 Å². The van der Waals surface area contributed by atoms with Crippen LogP contribution in [0.1, 0.15) is 27.6 Å². The number of imide groups is 1. The van der Waals surface area contributed by atoms with Gasteiger partial charge in [-0.05, 0) is 12.1 Å². The second-order valence-electron chi connectivity index (χ2n) is 4.24. The zero-order valence-electron chi connectivity index (χ0n) is 10.7. The van der Waals surface area contributed by atoms with Crippen LogP contribution in [0.3, 0.4) is 0 Å². The Hall–Kier alpha value is -1.88. The van der Waals surface area contributed by atoms with Gasteiger partial charge in [-0.2, -0.15) is 0 Å². The largest absolute Gasteiger partial charge is 0.484 e. The lowest BCUT2D eigenvalue weighted by Crippen LogP contribution is -2.36. The monoisotopic (exact) mass is 282 g/mol. The average molecular weight is 283 g/mol. The molecule has 0 bridgehead atoms. The minimum Gasteiger partial charge on any atom is -0.484 e. The lowest BCUT2D eigenvalue weighted by molar-refractivity contribution is 0.0641. The fraction of sp³-hybridized carbons (Fsp3) is 0.308. The summed E-state index contributed by atoms with van der Waals surface area (Å²) in [6, 6.07) is 6.74. The molecule has 1 aliphatic rings. The highest BCUT2D eigenvalue weighted by Crippen LogP contribution is 2.23. The molecular formula is C13H15ClN2O3. The van der Waals surface area contributed by atoms with Crippen LogP contribution in [-0.4, -0.2) is 36.3 Å². The molecule has 102 valence electrons. The van der Waals surface area contributed by atoms with Crippen LogP contribution >= 0.6 is 12.4 Å². The Morgan fingerprint density at radius 2 is 1.74 bits per heavy atom. The fourth-order valence-electron chi connectivity index (χ4n) is 1.96. The van der Waals surface area contributed by atoms with Gasteiger partial charge in [-0.15, -0.1) is 12.4 Å². The van der Waals surface area contributed by atoms with Gasteiger partial charge in [0.25, 0.3) is 11.8 Å². The van der Waals surface area contributed by atoms with E-state index in [4.69, 9.17) is 10.1 Å². The van der Waals surface area contributed by atoms with Crippen LogP contribution in [0.15, 0.2) is 24.3 Å². The van der Waals surface area contributed by atoms with Crippen molar-refractivity contribution in [2.45, 2.75) is 6.92 Å². The zero-order chi connectivity index (χ0) is 13.3. The Morgan fingerprint density at radius 1 is 1.26 bits per heavy atom. The Bertz CT molecular complexity index is 495. The molecule has 0 saturated carbocycles. The molecule has 1 N–H and O–H groups in total. The Labute approximate surface area is 117 Å². The van der Waals surface area contributed by atoms with E-state index < -0.39 is 0 Å². The number of benzene rings is 1. The Balaban J connectivity index is 0.00000180. The van der Waals surface area contributed by atoms with Crippen molar-refractivity contribution >= 4 is 30.1 Å². The van der Waals surface area contributed by atoms with E-state index in [-0.39, 0.29) is 42.6 Å². The quantitative estimate of drug-likeness (QED) is 0.523. The number of rotatable bonds is 3. The van der Waals surface area contributed by atoms with Gasteiger partial charge in [0.1, 0.15) is 0 Å². The van der Waals surface area contributed by atoms with Gasteiger partial charge in [0, 0.05) is 12.5 Å². The number of nitrogens with zero attached hydrogens (tertiary/aromatic N) is 1. The first-order valence-electron chi connectivity index (χ1n) is 5.64. The second kappa shape index (κ2) is 5.84. The van der Waals surface area contributed by atoms with Crippen molar-refractivity contribution in [3.63, 3.8) is 0 Å². The SMILES string of the molecule is COC(=N)C(C)CN1C(=O)c2ccccc2C1=O.Cl. The number of hydrogen-bond donors (Lipinski definition) is 1. The molecule has 0 aliphatic carbocycles. The van der Waals surface area contributed by atoms with E-state index in [0.29, 0.717) is 11.1 Å². The lowest BCUT2D eigenvalue weighted by Gasteiger charge is -2.18. The highest BCUT2D eigenvalue weighted by Gasteiger charge is 2.36. The number of carbonyl (C=O) groups excluding carboxylic acids is 2. The number of carbonyl (C=O) groups is 2. The third-order valence-electron chi connectivity index (χ3n) is 3.00. The predicted octanol–water partition coefficient (Wildman–Crippen LogP) is 1.96. The van der Waals surface area contributed by atoms with E-state index in [1.165, 1.54) is 12.0 Å². The molecule has 0 spiro atoms. The first kappa shape index (κ1) is 15.2. The third kappa shape index (κ3) is 2.61. The summed E-state index contributed by atoms with van der Waals surface area (Å²) in [5.74, 6) is -0.846. The van der Waals surface area contributed by atoms with Crippen molar-refractivity contribution in [3.05, 3.63) is 35.4 Å². The number of halogens is 1. The molecule has 2 amide bonds. The molecule has 1 atom stereocenters. The summed E-state index contributed by atoms with van der Waals surface area (Å²) in [4.78, 5) is 25.3. The standard InChI is InChI=1S/C13H14N2O3.ClH/c1-8(11(14)18-2)7-15-12(16)9-5-3-4-6-10(9)13(15)17;/h3-6,8,14H,7H2,1-2H3;1H. The number of methoxy groups -OCH3 is 1. The van der Waals surface area contributed by atoms with Gasteiger partial charge in [-0.25, -0.2) is 0 Å². The topological polar surface area (TPSA) is 70.5 Å². The summed E-state index contributed by atoms with van der Waals surface area (Å²) in [5, 5.41) is 7.53. The summed E-state index contributed by atoms with van der Waals surface area (Å²) in [6.45, 7) is 1.91. The van der Waals surface area contributed by atoms with E-state index in [1.807, 2.05) is 0 Å². The molecule has 0 radical (unpaired) electrons. The number of hydrogen-bond acceptors (Lipinski definition) is 4. The van der Waals surface area contributed by atoms with Crippen molar-refractivity contribution < 1.29 is 14.3 Å². The molecule has 0 saturated heterocycles. The molecule has 5 nitrogen and oxygen atoms in total. The number of ether oxygens (including phenoxy) is 1. The minimum absolute atomic E-state index is 0. The van der Waals surface area contributed by atoms with Crippen LogP contribution in [-0.2, 0) is 4.74 Å². The van der Waals surface area contributed by atoms with Gasteiger partial charge in [0.05, 0.1) is 18.2 Å². The Morgan fingerprint density at radius 3 is 2.16 bits per heavy atom. The molecule has 1 aromatic carbocycles. The van der Waals surface area contributed by atoms with E-state index in [0.717, 1.165) is 0 Å². The summed E-state index contributed by atoms with van der Waals surface area (Å²) in [6.07, 6.45) is 0. The smallest absolute Gasteiger partial charge is 0.261 e. The van der Waals surface area contributed by atoms with Gasteiger partial charge in [0.2, 0.25) is 0 Å². The summed E-state index contributed by atoms with van der Waals surface area (Å²) in [7, 11) is 1.40. The molecule has 1 aliphatic heterocycles. The van der Waals surface area contributed by atoms with Crippen LogP contribution in [0.25, 0.3) is 0 Å². The molecule has 19 heavy (non-hydrogen) atoms. The van der Waals surface area contributed by atoms with Crippen molar-refractivity contribution in [1.29, 1.82) is 5.41 Å². The molecule has 1 aromatic rings. The number of nitrogens with one attached hydrogen (secondary N) is 1. The second-order valence-corrected chi connectivity index (χ2v) is 4.24. The van der Waals surface area contributed by atoms with Gasteiger partial charge in [-0.1, -0.05) is 19.1 Å². The average Bonchev–Trinajstić information content (AvgIpc) is 2.63. The van der Waals surface area contributed by atoms with Gasteiger partial charge >= 0.3 is 0 Å². The van der Waals surface area contributed by atoms with Crippen molar-refractivity contribution in [2.75, 3.05) is 13.7 Å². The number of fused-ring (bicyclic) bond motifs is 1. The molecule has 0 fully saturated rings. The van der Waals surface area contributed by atoms with E-state index in [1.54, 1.807) is 31.2 Å². The maximum Gasteiger partial charge on any atom is 0.261 e. The van der Waals surface area contributed by atoms with Gasteiger partial charge in [-0.3, -0.25) is 19.9 Å². The van der Waals surface area contributed by atoms with Gasteiger partial charge in [0.15, 0.2) is 5.90 Å². The first-order valence-corrected chi connectivity index (χ1v) is 5.64. The molecule has 1 unspecified atom stereocenters. The van der Waals surface area contributed by atoms with E-state index in [9.17, 15) is 9.59 Å². The van der Waals surface area contributed by atoms with Crippen LogP contribution in [0.5, 0.6) is 0 Å². The summed E-state index contributed by atoms with van der Waals surface area (Å²) >= 11 is 0. The maximum absolute atomic E-state index is 12.0. The highest BCUT2D eigenvalue weighted by atomic mass is 35.5. The normalized spacial score (nSPS) is 14.7. The molecule has 0 aromatic heterocycles. The zero-order valence-corrected chi connectivity index (χ0v) is 11.5. The highest BCUT2D eigenvalue weighted by molar-refractivity contribution is 6.21. The Kier molecular flexibility index (Phi) is 4.67. The molecule has 2 rings (SSSR count). The minimum atomic E-state index is -0.308. The summed E-state index contributed by atoms with van der Waals surface area (Å²) < 4.78 is 4.80. The summed E-state index contributed by atoms with van der Waals surface area (Å²) in [5.41, 5.74) is 0.859. The molecule has 1 heterocycles. The van der Waals surface area contributed by atoms with Crippen molar-refractivity contribution in [1.82, 2.24) is 4.90 Å². The maximum atomic E-state index is 12.0.